The van der Waals surface area contributed by atoms with Gasteiger partial charge in [0.25, 0.3) is 0 Å². The van der Waals surface area contributed by atoms with Gasteiger partial charge >= 0.3 is 39.2 Å². The van der Waals surface area contributed by atoms with Crippen LogP contribution in [0.15, 0.2) is 0 Å². The molecule has 4 N–H and O–H groups in total. The Balaban J connectivity index is 0. The normalized spacial score (nSPS) is 11.4. The zero-order chi connectivity index (χ0) is 8.15. The number of carboxylic acid groups (broad SMARTS) is 2. The molecule has 0 saturated heterocycles. The number of aliphatic carboxylic acids is 2. The van der Waals surface area contributed by atoms with Crippen LogP contribution in [0.25, 0.3) is 0 Å². The fourth-order valence-electron chi connectivity index (χ4n) is 0.402. The maximum atomic E-state index is 9.99. The molecule has 0 aromatic heterocycles. The van der Waals surface area contributed by atoms with Crippen LogP contribution >= 0.6 is 0 Å². The number of carboxylic acids is 2. The molecular formula is C5H11NO4Pb. The van der Waals surface area contributed by atoms with Gasteiger partial charge in [-0.1, -0.05) is 0 Å². The Labute approximate surface area is 83.7 Å². The monoisotopic (exact) mass is 357 g/mol. The van der Waals surface area contributed by atoms with E-state index in [9.17, 15) is 9.59 Å². The van der Waals surface area contributed by atoms with E-state index in [4.69, 9.17) is 15.9 Å². The summed E-state index contributed by atoms with van der Waals surface area (Å²) in [6.45, 7) is 0. The Bertz CT molecular complexity index is 149. The first kappa shape index (κ1) is 13.4. The van der Waals surface area contributed by atoms with Crippen molar-refractivity contribution in [2.75, 3.05) is 0 Å². The number of hydrogen-bond donors (Lipinski definition) is 3. The molecule has 1 atom stereocenters. The molecule has 0 saturated carbocycles. The molecule has 0 aromatic rings. The minimum absolute atomic E-state index is 0. The standard InChI is InChI=1S/C5H9NO4.Pb.2H/c6-3(5(9)10)1-2-4(7)8;;;/h3H,1-2,6H2,(H,7,8)(H,9,10);;;/t3-;;;/m0.../s1. The maximum absolute atomic E-state index is 9.99. The summed E-state index contributed by atoms with van der Waals surface area (Å²) in [5.41, 5.74) is 5.00. The van der Waals surface area contributed by atoms with E-state index >= 15 is 0 Å². The van der Waals surface area contributed by atoms with E-state index in [0.29, 0.717) is 0 Å². The van der Waals surface area contributed by atoms with Crippen LogP contribution in [0, 0.1) is 0 Å². The van der Waals surface area contributed by atoms with E-state index in [-0.39, 0.29) is 40.1 Å². The van der Waals surface area contributed by atoms with E-state index < -0.39 is 18.0 Å². The van der Waals surface area contributed by atoms with Crippen molar-refractivity contribution in [1.82, 2.24) is 0 Å². The molecule has 0 aliphatic heterocycles. The summed E-state index contributed by atoms with van der Waals surface area (Å²) in [5.74, 6) is -2.20. The van der Waals surface area contributed by atoms with Gasteiger partial charge < -0.3 is 15.9 Å². The van der Waals surface area contributed by atoms with Crippen LogP contribution in [0.3, 0.4) is 0 Å². The van der Waals surface area contributed by atoms with E-state index in [2.05, 4.69) is 0 Å². The zero-order valence-electron chi connectivity index (χ0n) is 5.99. The van der Waals surface area contributed by atoms with E-state index in [1.54, 1.807) is 0 Å². The van der Waals surface area contributed by atoms with Crippen molar-refractivity contribution < 1.29 is 19.8 Å². The van der Waals surface area contributed by atoms with E-state index in [0.717, 1.165) is 0 Å². The molecule has 0 heterocycles. The molecule has 0 unspecified atom stereocenters. The van der Waals surface area contributed by atoms with Gasteiger partial charge in [-0.15, -0.1) is 0 Å². The van der Waals surface area contributed by atoms with Gasteiger partial charge in [-0.05, 0) is 6.42 Å². The van der Waals surface area contributed by atoms with Crippen LogP contribution in [0.1, 0.15) is 12.8 Å². The number of rotatable bonds is 4. The molecule has 0 spiro atoms. The molecule has 6 heteroatoms. The molecule has 0 rings (SSSR count). The summed E-state index contributed by atoms with van der Waals surface area (Å²) >= 11 is 0. The molecule has 5 nitrogen and oxygen atoms in total. The second kappa shape index (κ2) is 6.53. The van der Waals surface area contributed by atoms with Crippen molar-refractivity contribution in [2.24, 2.45) is 5.73 Å². The molecule has 0 aromatic carbocycles. The average molecular weight is 356 g/mol. The Kier molecular flexibility index (Phi) is 7.96. The van der Waals surface area contributed by atoms with Crippen molar-refractivity contribution in [2.45, 2.75) is 18.9 Å². The van der Waals surface area contributed by atoms with Gasteiger partial charge in [0.2, 0.25) is 0 Å². The van der Waals surface area contributed by atoms with Crippen LogP contribution in [0.2, 0.25) is 0 Å². The van der Waals surface area contributed by atoms with Crippen molar-refractivity contribution in [3.05, 3.63) is 0 Å². The van der Waals surface area contributed by atoms with Gasteiger partial charge in [0.15, 0.2) is 0 Å². The average Bonchev–Trinajstić information content (AvgIpc) is 1.82. The molecule has 0 aliphatic carbocycles. The van der Waals surface area contributed by atoms with Crippen molar-refractivity contribution in [1.29, 1.82) is 0 Å². The molecule has 11 heavy (non-hydrogen) atoms. The first-order valence-corrected chi connectivity index (χ1v) is 2.74. The summed E-state index contributed by atoms with van der Waals surface area (Å²) < 4.78 is 0. The van der Waals surface area contributed by atoms with Gasteiger partial charge in [0, 0.05) is 6.42 Å². The summed E-state index contributed by atoms with van der Waals surface area (Å²) in [6.07, 6.45) is -0.224. The molecule has 64 valence electrons. The third-order valence-electron chi connectivity index (χ3n) is 0.986. The van der Waals surface area contributed by atoms with Gasteiger partial charge in [-0.25, -0.2) is 0 Å². The number of hydrogen-bond acceptors (Lipinski definition) is 3. The first-order valence-electron chi connectivity index (χ1n) is 2.74. The van der Waals surface area contributed by atoms with Gasteiger partial charge in [-0.3, -0.25) is 9.59 Å². The zero-order valence-corrected chi connectivity index (χ0v) is 11.5. The Morgan fingerprint density at radius 3 is 2.09 bits per heavy atom. The molecular weight excluding hydrogens is 345 g/mol. The Morgan fingerprint density at radius 2 is 1.82 bits per heavy atom. The second-order valence-corrected chi connectivity index (χ2v) is 1.88. The van der Waals surface area contributed by atoms with Crippen LogP contribution in [0.4, 0.5) is 0 Å². The third kappa shape index (κ3) is 7.72. The molecule has 0 bridgehead atoms. The topological polar surface area (TPSA) is 101 Å². The van der Waals surface area contributed by atoms with Gasteiger partial charge in [0.1, 0.15) is 6.04 Å². The van der Waals surface area contributed by atoms with Crippen molar-refractivity contribution in [3.63, 3.8) is 0 Å². The van der Waals surface area contributed by atoms with Crippen molar-refractivity contribution >= 4 is 39.2 Å². The predicted molar refractivity (Wildman–Crippen MR) is 41.0 cm³/mol. The Hall–Kier alpha value is -0.178. The Morgan fingerprint density at radius 1 is 1.36 bits per heavy atom. The van der Waals surface area contributed by atoms with Crippen molar-refractivity contribution in [3.8, 4) is 0 Å². The van der Waals surface area contributed by atoms with Crippen LogP contribution in [-0.4, -0.2) is 55.5 Å². The van der Waals surface area contributed by atoms with Crippen LogP contribution in [0.5, 0.6) is 0 Å². The quantitative estimate of drug-likeness (QED) is 0.524. The molecule has 0 aliphatic rings. The molecule has 0 amide bonds. The van der Waals surface area contributed by atoms with E-state index in [1.807, 2.05) is 0 Å². The predicted octanol–water partition coefficient (Wildman–Crippen LogP) is -1.65. The summed E-state index contributed by atoms with van der Waals surface area (Å²) in [5, 5.41) is 16.3. The minimum atomic E-state index is -1.17. The molecule has 2 radical (unpaired) electrons. The van der Waals surface area contributed by atoms with Gasteiger partial charge in [0.05, 0.1) is 0 Å². The summed E-state index contributed by atoms with van der Waals surface area (Å²) in [4.78, 5) is 19.9. The van der Waals surface area contributed by atoms with E-state index in [1.165, 1.54) is 0 Å². The van der Waals surface area contributed by atoms with Gasteiger partial charge in [-0.2, -0.15) is 0 Å². The van der Waals surface area contributed by atoms with Crippen LogP contribution < -0.4 is 5.73 Å². The summed E-state index contributed by atoms with van der Waals surface area (Å²) in [7, 11) is 0. The third-order valence-corrected chi connectivity index (χ3v) is 0.986. The van der Waals surface area contributed by atoms with Crippen LogP contribution in [-0.2, 0) is 9.59 Å². The fraction of sp³-hybridized carbons (Fsp3) is 0.600. The number of nitrogens with two attached hydrogens (primary N) is 1. The number of carbonyl (C=O) groups is 2. The second-order valence-electron chi connectivity index (χ2n) is 1.88. The molecule has 0 fully saturated rings. The fourth-order valence-corrected chi connectivity index (χ4v) is 0.402. The summed E-state index contributed by atoms with van der Waals surface area (Å²) in [6, 6.07) is -1.06. The first-order chi connectivity index (χ1) is 4.54. The SMILES string of the molecule is N[C@@H](CCC(=O)O)C(=O)O.[PbH2].